The van der Waals surface area contributed by atoms with Crippen molar-refractivity contribution in [1.82, 2.24) is 4.90 Å². The molecule has 0 aromatic heterocycles. The van der Waals surface area contributed by atoms with E-state index < -0.39 is 46.3 Å². The maximum absolute atomic E-state index is 12.9. The SMILES string of the molecule is CCN(CC)CC(=O)OC(CS(=O)(=O)O)(C(F)(F)F)C(F)(F)F. The van der Waals surface area contributed by atoms with Gasteiger partial charge in [0.1, 0.15) is 5.75 Å². The molecule has 0 radical (unpaired) electrons. The molecule has 138 valence electrons. The molecule has 6 nitrogen and oxygen atoms in total. The van der Waals surface area contributed by atoms with Crippen molar-refractivity contribution in [1.29, 1.82) is 0 Å². The van der Waals surface area contributed by atoms with Crippen LogP contribution in [0, 0.1) is 0 Å². The lowest BCUT2D eigenvalue weighted by molar-refractivity contribution is -0.361. The van der Waals surface area contributed by atoms with E-state index in [1.54, 1.807) is 0 Å². The summed E-state index contributed by atoms with van der Waals surface area (Å²) in [6, 6.07) is 0. The Hall–Kier alpha value is -1.08. The summed E-state index contributed by atoms with van der Waals surface area (Å²) in [5.74, 6) is -4.80. The molecule has 0 saturated heterocycles. The number of hydrogen-bond acceptors (Lipinski definition) is 5. The number of carbonyl (C=O) groups excluding carboxylic acids is 1. The topological polar surface area (TPSA) is 83.9 Å². The van der Waals surface area contributed by atoms with E-state index in [4.69, 9.17) is 4.55 Å². The first-order valence-corrected chi connectivity index (χ1v) is 7.73. The Kier molecular flexibility index (Phi) is 6.88. The van der Waals surface area contributed by atoms with E-state index in [1.807, 2.05) is 0 Å². The van der Waals surface area contributed by atoms with E-state index in [2.05, 4.69) is 4.74 Å². The van der Waals surface area contributed by atoms with Gasteiger partial charge in [-0.3, -0.25) is 14.2 Å². The summed E-state index contributed by atoms with van der Waals surface area (Å²) in [6.45, 7) is 2.35. The van der Waals surface area contributed by atoms with Gasteiger partial charge in [0, 0.05) is 0 Å². The molecule has 0 heterocycles. The molecule has 0 spiro atoms. The number of rotatable bonds is 7. The minimum absolute atomic E-state index is 0.134. The molecule has 1 N–H and O–H groups in total. The molecule has 0 rings (SSSR count). The lowest BCUT2D eigenvalue weighted by atomic mass is 10.1. The molecule has 0 atom stereocenters. The fourth-order valence-corrected chi connectivity index (χ4v) is 2.48. The number of nitrogens with zero attached hydrogens (tertiary/aromatic N) is 1. The van der Waals surface area contributed by atoms with Gasteiger partial charge in [-0.05, 0) is 13.1 Å². The first-order chi connectivity index (χ1) is 10.1. The molecule has 0 unspecified atom stereocenters. The fraction of sp³-hybridized carbons (Fsp3) is 0.900. The molecule has 23 heavy (non-hydrogen) atoms. The third-order valence-electron chi connectivity index (χ3n) is 2.84. The summed E-state index contributed by atoms with van der Waals surface area (Å²) >= 11 is 0. The lowest BCUT2D eigenvalue weighted by Gasteiger charge is -2.35. The lowest BCUT2D eigenvalue weighted by Crippen LogP contribution is -2.64. The van der Waals surface area contributed by atoms with E-state index >= 15 is 0 Å². The van der Waals surface area contributed by atoms with Crippen LogP contribution in [0.5, 0.6) is 0 Å². The highest BCUT2D eigenvalue weighted by atomic mass is 32.2. The number of ether oxygens (including phenoxy) is 1. The second-order valence-corrected chi connectivity index (χ2v) is 5.94. The number of alkyl halides is 6. The highest BCUT2D eigenvalue weighted by molar-refractivity contribution is 7.85. The number of likely N-dealkylation sites (N-methyl/N-ethyl adjacent to an activating group) is 1. The Morgan fingerprint density at radius 2 is 1.43 bits per heavy atom. The summed E-state index contributed by atoms with van der Waals surface area (Å²) in [5, 5.41) is 0. The third-order valence-corrected chi connectivity index (χ3v) is 3.61. The predicted molar refractivity (Wildman–Crippen MR) is 65.1 cm³/mol. The van der Waals surface area contributed by atoms with E-state index in [0.29, 0.717) is 0 Å². The van der Waals surface area contributed by atoms with Crippen LogP contribution in [0.2, 0.25) is 0 Å². The molecule has 0 aromatic rings. The summed E-state index contributed by atoms with van der Waals surface area (Å²) in [6.07, 6.45) is -12.6. The Morgan fingerprint density at radius 1 is 1.04 bits per heavy atom. The van der Waals surface area contributed by atoms with Crippen LogP contribution in [0.3, 0.4) is 0 Å². The fourth-order valence-electron chi connectivity index (χ4n) is 1.58. The minimum atomic E-state index is -6.31. The van der Waals surface area contributed by atoms with Crippen LogP contribution in [0.15, 0.2) is 0 Å². The first kappa shape index (κ1) is 21.9. The first-order valence-electron chi connectivity index (χ1n) is 6.12. The van der Waals surface area contributed by atoms with Crippen molar-refractivity contribution < 1.29 is 48.8 Å². The predicted octanol–water partition coefficient (Wildman–Crippen LogP) is 1.62. The van der Waals surface area contributed by atoms with Crippen molar-refractivity contribution in [2.45, 2.75) is 31.8 Å². The molecule has 0 amide bonds. The number of halogens is 6. The van der Waals surface area contributed by atoms with Gasteiger partial charge in [-0.25, -0.2) is 0 Å². The molecule has 0 aromatic carbocycles. The molecule has 0 saturated carbocycles. The molecule has 0 fully saturated rings. The highest BCUT2D eigenvalue weighted by Gasteiger charge is 2.75. The zero-order chi connectivity index (χ0) is 18.7. The van der Waals surface area contributed by atoms with E-state index in [9.17, 15) is 39.6 Å². The minimum Gasteiger partial charge on any atom is -0.437 e. The van der Waals surface area contributed by atoms with E-state index in [1.165, 1.54) is 13.8 Å². The zero-order valence-electron chi connectivity index (χ0n) is 12.0. The number of carbonyl (C=O) groups is 1. The second kappa shape index (κ2) is 7.21. The van der Waals surface area contributed by atoms with E-state index in [0.717, 1.165) is 4.90 Å². The third kappa shape index (κ3) is 5.80. The summed E-state index contributed by atoms with van der Waals surface area (Å²) in [7, 11) is -5.76. The van der Waals surface area contributed by atoms with Gasteiger partial charge in [-0.15, -0.1) is 0 Å². The molecular weight excluding hydrogens is 360 g/mol. The Morgan fingerprint density at radius 3 is 1.70 bits per heavy atom. The quantitative estimate of drug-likeness (QED) is 0.414. The van der Waals surface area contributed by atoms with Gasteiger partial charge in [0.2, 0.25) is 0 Å². The standard InChI is InChI=1S/C10H15F6NO5S/c1-3-17(4-2)5-7(18)22-8(9(11,12)13,10(14,15)16)6-23(19,20)21/h3-6H2,1-2H3,(H,19,20,21). The van der Waals surface area contributed by atoms with Crippen LogP contribution in [0.25, 0.3) is 0 Å². The van der Waals surface area contributed by atoms with Gasteiger partial charge in [0.25, 0.3) is 10.1 Å². The highest BCUT2D eigenvalue weighted by Crippen LogP contribution is 2.46. The van der Waals surface area contributed by atoms with Crippen molar-refractivity contribution in [2.75, 3.05) is 25.4 Å². The zero-order valence-corrected chi connectivity index (χ0v) is 12.8. The van der Waals surface area contributed by atoms with Crippen LogP contribution >= 0.6 is 0 Å². The van der Waals surface area contributed by atoms with Gasteiger partial charge >= 0.3 is 23.9 Å². The van der Waals surface area contributed by atoms with Gasteiger partial charge in [0.05, 0.1) is 6.54 Å². The van der Waals surface area contributed by atoms with Crippen LogP contribution in [0.4, 0.5) is 26.3 Å². The van der Waals surface area contributed by atoms with Crippen molar-refractivity contribution in [3.8, 4) is 0 Å². The molecule has 0 bridgehead atoms. The summed E-state index contributed by atoms with van der Waals surface area (Å²) in [4.78, 5) is 12.6. The van der Waals surface area contributed by atoms with Crippen molar-refractivity contribution in [2.24, 2.45) is 0 Å². The number of esters is 1. The van der Waals surface area contributed by atoms with Crippen molar-refractivity contribution in [3.05, 3.63) is 0 Å². The second-order valence-electron chi connectivity index (χ2n) is 4.48. The maximum atomic E-state index is 12.9. The normalized spacial score (nSPS) is 14.2. The maximum Gasteiger partial charge on any atom is 0.438 e. The van der Waals surface area contributed by atoms with Gasteiger partial charge < -0.3 is 4.74 Å². The Labute approximate surface area is 128 Å². The van der Waals surface area contributed by atoms with Gasteiger partial charge in [-0.1, -0.05) is 13.8 Å². The van der Waals surface area contributed by atoms with Gasteiger partial charge in [-0.2, -0.15) is 34.8 Å². The Balaban J connectivity index is 5.81. The van der Waals surface area contributed by atoms with Crippen LogP contribution < -0.4 is 0 Å². The van der Waals surface area contributed by atoms with Crippen LogP contribution in [-0.2, 0) is 19.6 Å². The molecule has 0 aliphatic heterocycles. The average Bonchev–Trinajstić information content (AvgIpc) is 2.30. The Bertz CT molecular complexity index is 497. The monoisotopic (exact) mass is 375 g/mol. The van der Waals surface area contributed by atoms with Gasteiger partial charge in [0.15, 0.2) is 0 Å². The molecule has 0 aliphatic rings. The summed E-state index contributed by atoms with van der Waals surface area (Å²) in [5.41, 5.74) is -5.35. The molecular formula is C10H15F6NO5S. The summed E-state index contributed by atoms with van der Waals surface area (Å²) < 4.78 is 110. The van der Waals surface area contributed by atoms with Crippen LogP contribution in [0.1, 0.15) is 13.8 Å². The smallest absolute Gasteiger partial charge is 0.437 e. The molecule has 13 heteroatoms. The number of hydrogen-bond donors (Lipinski definition) is 1. The van der Waals surface area contributed by atoms with E-state index in [-0.39, 0.29) is 13.1 Å². The largest absolute Gasteiger partial charge is 0.438 e. The average molecular weight is 375 g/mol. The van der Waals surface area contributed by atoms with Crippen LogP contribution in [-0.4, -0.2) is 67.2 Å². The van der Waals surface area contributed by atoms with Crippen molar-refractivity contribution >= 4 is 16.1 Å². The molecule has 0 aliphatic carbocycles. The van der Waals surface area contributed by atoms with Crippen molar-refractivity contribution in [3.63, 3.8) is 0 Å².